The summed E-state index contributed by atoms with van der Waals surface area (Å²) in [6.45, 7) is 1.06. The maximum Gasteiger partial charge on any atom is 0.248 e. The summed E-state index contributed by atoms with van der Waals surface area (Å²) in [5.74, 6) is -0.210. The van der Waals surface area contributed by atoms with Gasteiger partial charge in [0.05, 0.1) is 11.6 Å². The van der Waals surface area contributed by atoms with Crippen molar-refractivity contribution in [2.45, 2.75) is 69.2 Å². The van der Waals surface area contributed by atoms with E-state index in [1.165, 1.54) is 15.2 Å². The molecule has 3 aliphatic rings. The lowest BCUT2D eigenvalue weighted by Crippen LogP contribution is -2.50. The van der Waals surface area contributed by atoms with Crippen LogP contribution in [0.3, 0.4) is 0 Å². The summed E-state index contributed by atoms with van der Waals surface area (Å²) in [6, 6.07) is 6.15. The second kappa shape index (κ2) is 10.9. The maximum atomic E-state index is 13.9. The molecule has 3 heterocycles. The molecule has 2 atom stereocenters. The zero-order valence-electron chi connectivity index (χ0n) is 21.1. The Kier molecular flexibility index (Phi) is 7.64. The maximum absolute atomic E-state index is 13.9. The lowest BCUT2D eigenvalue weighted by atomic mass is 9.75. The smallest absolute Gasteiger partial charge is 0.248 e. The van der Waals surface area contributed by atoms with Crippen molar-refractivity contribution < 1.29 is 23.1 Å². The van der Waals surface area contributed by atoms with Gasteiger partial charge in [-0.25, -0.2) is 0 Å². The van der Waals surface area contributed by atoms with Crippen molar-refractivity contribution in [3.05, 3.63) is 36.0 Å². The summed E-state index contributed by atoms with van der Waals surface area (Å²) in [4.78, 5) is 26.8. The Labute approximate surface area is 219 Å². The zero-order chi connectivity index (χ0) is 26.0. The molecule has 1 spiro atoms. The number of nitrogens with one attached hydrogen (secondary N) is 2. The Balaban J connectivity index is 1.45. The molecule has 1 aliphatic carbocycles. The molecule has 0 bridgehead atoms. The Morgan fingerprint density at radius 3 is 2.57 bits per heavy atom. The minimum Gasteiger partial charge on any atom is -0.755 e. The number of aromatic nitrogens is 2. The van der Waals surface area contributed by atoms with Crippen LogP contribution in [0.4, 0.5) is 17.2 Å². The van der Waals surface area contributed by atoms with Gasteiger partial charge in [-0.2, -0.15) is 5.10 Å². The van der Waals surface area contributed by atoms with Crippen LogP contribution in [0.5, 0.6) is 0 Å². The van der Waals surface area contributed by atoms with Crippen LogP contribution in [0, 0.1) is 5.92 Å². The first-order valence-electron chi connectivity index (χ1n) is 13.1. The van der Waals surface area contributed by atoms with E-state index in [0.717, 1.165) is 50.5 Å². The number of carbonyl (C=O) groups excluding carboxylic acids is 2. The number of rotatable bonds is 6. The number of anilines is 3. The van der Waals surface area contributed by atoms with Gasteiger partial charge in [0.15, 0.2) is 0 Å². The van der Waals surface area contributed by atoms with Crippen molar-refractivity contribution in [2.75, 3.05) is 28.2 Å². The highest BCUT2D eigenvalue weighted by Crippen LogP contribution is 2.45. The van der Waals surface area contributed by atoms with Crippen molar-refractivity contribution in [2.24, 2.45) is 13.0 Å². The molecule has 37 heavy (non-hydrogen) atoms. The van der Waals surface area contributed by atoms with Gasteiger partial charge in [0.1, 0.15) is 11.9 Å². The SMILES string of the molecule is Cn1nccc1N(C(C(=O)Nc1ccc2c(c1)NC(=O)C21CCOCC1)C1CCCCCCC1)S(=O)[O-]. The van der Waals surface area contributed by atoms with E-state index in [-0.39, 0.29) is 17.7 Å². The molecule has 10 nitrogen and oxygen atoms in total. The third kappa shape index (κ3) is 5.04. The van der Waals surface area contributed by atoms with Crippen LogP contribution in [0.1, 0.15) is 63.4 Å². The van der Waals surface area contributed by atoms with E-state index in [2.05, 4.69) is 15.7 Å². The van der Waals surface area contributed by atoms with E-state index in [1.807, 2.05) is 6.07 Å². The number of benzene rings is 1. The normalized spacial score (nSPS) is 21.4. The van der Waals surface area contributed by atoms with Crippen LogP contribution in [-0.2, 0) is 38.1 Å². The molecule has 0 radical (unpaired) electrons. The van der Waals surface area contributed by atoms with Crippen LogP contribution in [0.2, 0.25) is 0 Å². The first-order valence-corrected chi connectivity index (χ1v) is 14.1. The number of amides is 2. The average molecular weight is 529 g/mol. The van der Waals surface area contributed by atoms with Crippen molar-refractivity contribution >= 4 is 40.3 Å². The fourth-order valence-corrected chi connectivity index (χ4v) is 6.93. The Bertz CT molecular complexity index is 1170. The molecule has 2 unspecified atom stereocenters. The largest absolute Gasteiger partial charge is 0.755 e. The van der Waals surface area contributed by atoms with Crippen LogP contribution in [-0.4, -0.2) is 49.6 Å². The van der Waals surface area contributed by atoms with Gasteiger partial charge in [-0.05, 0) is 49.3 Å². The molecule has 5 rings (SSSR count). The molecule has 1 aromatic heterocycles. The Morgan fingerprint density at radius 2 is 1.92 bits per heavy atom. The van der Waals surface area contributed by atoms with Crippen molar-refractivity contribution in [3.8, 4) is 0 Å². The Hall–Kier alpha value is -2.76. The molecule has 200 valence electrons. The van der Waals surface area contributed by atoms with Crippen molar-refractivity contribution in [1.82, 2.24) is 9.78 Å². The fraction of sp³-hybridized carbons (Fsp3) is 0.577. The summed E-state index contributed by atoms with van der Waals surface area (Å²) >= 11 is -2.68. The van der Waals surface area contributed by atoms with Gasteiger partial charge in [-0.3, -0.25) is 22.8 Å². The second-order valence-corrected chi connectivity index (χ2v) is 11.1. The average Bonchev–Trinajstić information content (AvgIpc) is 3.38. The number of hydrogen-bond acceptors (Lipinski definition) is 6. The molecule has 1 saturated carbocycles. The monoisotopic (exact) mass is 528 g/mol. The third-order valence-corrected chi connectivity index (χ3v) is 8.87. The molecule has 1 saturated heterocycles. The standard InChI is InChI=1S/C26H35N5O5S/c1-30-22(11-14-27-30)31(37(34)35)23(18-7-5-3-2-4-6-8-18)24(32)28-19-9-10-20-21(17-19)29-25(33)26(20)12-15-36-16-13-26/h9-11,14,17-18,23H,2-8,12-13,15-16H2,1H3,(H,28,32)(H,29,33)(H,34,35)/p-1. The molecule has 2 N–H and O–H groups in total. The van der Waals surface area contributed by atoms with Gasteiger partial charge >= 0.3 is 0 Å². The number of carbonyl (C=O) groups is 2. The van der Waals surface area contributed by atoms with E-state index in [1.54, 1.807) is 25.2 Å². The lowest BCUT2D eigenvalue weighted by Gasteiger charge is -2.38. The third-order valence-electron chi connectivity index (χ3n) is 8.13. The van der Waals surface area contributed by atoms with Crippen LogP contribution in [0.25, 0.3) is 0 Å². The molecule has 2 amide bonds. The fourth-order valence-electron chi connectivity index (χ4n) is 6.15. The van der Waals surface area contributed by atoms with E-state index in [4.69, 9.17) is 4.74 Å². The summed E-state index contributed by atoms with van der Waals surface area (Å²) in [5.41, 5.74) is 1.54. The molecular weight excluding hydrogens is 494 g/mol. The van der Waals surface area contributed by atoms with Crippen molar-refractivity contribution in [1.29, 1.82) is 0 Å². The molecule has 2 aromatic rings. The highest BCUT2D eigenvalue weighted by molar-refractivity contribution is 7.80. The number of ether oxygens (including phenoxy) is 1. The molecular formula is C26H34N5O5S-. The van der Waals surface area contributed by atoms with Gasteiger partial charge in [0, 0.05) is 49.0 Å². The van der Waals surface area contributed by atoms with E-state index in [0.29, 0.717) is 43.2 Å². The van der Waals surface area contributed by atoms with Crippen molar-refractivity contribution in [3.63, 3.8) is 0 Å². The quantitative estimate of drug-likeness (QED) is 0.553. The zero-order valence-corrected chi connectivity index (χ0v) is 21.9. The lowest BCUT2D eigenvalue weighted by molar-refractivity contribution is -0.124. The number of aryl methyl sites for hydroxylation is 1. The van der Waals surface area contributed by atoms with Gasteiger partial charge in [0.25, 0.3) is 0 Å². The van der Waals surface area contributed by atoms with Gasteiger partial charge in [0.2, 0.25) is 11.8 Å². The topological polar surface area (TPSA) is 129 Å². The van der Waals surface area contributed by atoms with E-state index in [9.17, 15) is 18.4 Å². The summed E-state index contributed by atoms with van der Waals surface area (Å²) < 4.78 is 33.2. The highest BCUT2D eigenvalue weighted by atomic mass is 32.2. The first-order chi connectivity index (χ1) is 17.9. The van der Waals surface area contributed by atoms with E-state index >= 15 is 0 Å². The minimum absolute atomic E-state index is 0.0363. The molecule has 11 heteroatoms. The molecule has 2 fully saturated rings. The van der Waals surface area contributed by atoms with Crippen LogP contribution in [0.15, 0.2) is 30.5 Å². The first kappa shape index (κ1) is 25.9. The predicted molar refractivity (Wildman–Crippen MR) is 140 cm³/mol. The number of nitrogens with zero attached hydrogens (tertiary/aromatic N) is 3. The molecule has 2 aliphatic heterocycles. The van der Waals surface area contributed by atoms with Crippen LogP contribution >= 0.6 is 0 Å². The van der Waals surface area contributed by atoms with Crippen LogP contribution < -0.4 is 14.9 Å². The van der Waals surface area contributed by atoms with E-state index < -0.39 is 22.7 Å². The summed E-state index contributed by atoms with van der Waals surface area (Å²) in [5, 5.41) is 10.1. The van der Waals surface area contributed by atoms with Gasteiger partial charge in [-0.15, -0.1) is 0 Å². The Morgan fingerprint density at radius 1 is 1.22 bits per heavy atom. The van der Waals surface area contributed by atoms with Gasteiger partial charge < -0.3 is 19.9 Å². The number of hydrogen-bond donors (Lipinski definition) is 2. The number of fused-ring (bicyclic) bond motifs is 2. The predicted octanol–water partition coefficient (Wildman–Crippen LogP) is 3.39. The second-order valence-electron chi connectivity index (χ2n) is 10.3. The summed E-state index contributed by atoms with van der Waals surface area (Å²) in [7, 11) is 1.66. The van der Waals surface area contributed by atoms with Gasteiger partial charge in [-0.1, -0.05) is 38.2 Å². The molecule has 1 aromatic carbocycles. The minimum atomic E-state index is -2.68. The summed E-state index contributed by atoms with van der Waals surface area (Å²) in [6.07, 6.45) is 9.54. The highest BCUT2D eigenvalue weighted by Gasteiger charge is 2.47.